The summed E-state index contributed by atoms with van der Waals surface area (Å²) in [4.78, 5) is 1.10. The van der Waals surface area contributed by atoms with Gasteiger partial charge in [0, 0.05) is 11.4 Å². The summed E-state index contributed by atoms with van der Waals surface area (Å²) >= 11 is 7.55. The van der Waals surface area contributed by atoms with Gasteiger partial charge in [0.15, 0.2) is 0 Å². The third-order valence-corrected chi connectivity index (χ3v) is 6.29. The van der Waals surface area contributed by atoms with E-state index in [0.717, 1.165) is 4.88 Å². The van der Waals surface area contributed by atoms with Gasteiger partial charge in [-0.25, -0.2) is 13.1 Å². The van der Waals surface area contributed by atoms with Gasteiger partial charge < -0.3 is 4.42 Å². The number of sulfonamides is 1. The molecule has 1 N–H and O–H groups in total. The van der Waals surface area contributed by atoms with Crippen molar-refractivity contribution in [1.82, 2.24) is 4.72 Å². The first-order chi connectivity index (χ1) is 11.1. The Hall–Kier alpha value is -1.60. The van der Waals surface area contributed by atoms with Gasteiger partial charge in [-0.05, 0) is 35.7 Å². The van der Waals surface area contributed by atoms with Crippen LogP contribution in [0.5, 0.6) is 0 Å². The minimum atomic E-state index is -3.69. The Labute approximate surface area is 143 Å². The van der Waals surface area contributed by atoms with Crippen LogP contribution in [0.25, 0.3) is 0 Å². The molecule has 1 aromatic carbocycles. The van der Waals surface area contributed by atoms with Crippen molar-refractivity contribution in [2.45, 2.75) is 10.8 Å². The molecule has 0 bridgehead atoms. The largest absolute Gasteiger partial charge is 0.469 e. The number of furan rings is 1. The van der Waals surface area contributed by atoms with Crippen molar-refractivity contribution < 1.29 is 12.8 Å². The minimum absolute atomic E-state index is 0.0750. The van der Waals surface area contributed by atoms with Gasteiger partial charge in [-0.15, -0.1) is 11.3 Å². The van der Waals surface area contributed by atoms with E-state index < -0.39 is 10.0 Å². The number of halogens is 1. The van der Waals surface area contributed by atoms with Crippen LogP contribution in [0.15, 0.2) is 69.5 Å². The van der Waals surface area contributed by atoms with Gasteiger partial charge in [-0.2, -0.15) is 0 Å². The van der Waals surface area contributed by atoms with E-state index in [1.54, 1.807) is 41.9 Å². The first kappa shape index (κ1) is 16.3. The average molecular weight is 368 g/mol. The van der Waals surface area contributed by atoms with Crippen molar-refractivity contribution in [2.24, 2.45) is 0 Å². The second-order valence-electron chi connectivity index (χ2n) is 4.87. The van der Waals surface area contributed by atoms with Crippen molar-refractivity contribution in [2.75, 3.05) is 6.54 Å². The summed E-state index contributed by atoms with van der Waals surface area (Å²) in [7, 11) is -3.69. The van der Waals surface area contributed by atoms with Crippen LogP contribution in [-0.4, -0.2) is 15.0 Å². The molecule has 120 valence electrons. The Morgan fingerprint density at radius 2 is 1.96 bits per heavy atom. The van der Waals surface area contributed by atoms with Crippen LogP contribution < -0.4 is 4.72 Å². The standard InChI is InChI=1S/C16H14ClNO3S2/c17-13-5-1-2-8-16(13)23(19,20)18-11-12(14-6-3-9-21-14)15-7-4-10-22-15/h1-10,12,18H,11H2. The third kappa shape index (κ3) is 3.67. The zero-order valence-electron chi connectivity index (χ0n) is 12.0. The highest BCUT2D eigenvalue weighted by Gasteiger charge is 2.23. The molecule has 0 aliphatic heterocycles. The number of hydrogen-bond acceptors (Lipinski definition) is 4. The van der Waals surface area contributed by atoms with Crippen LogP contribution in [0.3, 0.4) is 0 Å². The highest BCUT2D eigenvalue weighted by atomic mass is 35.5. The molecule has 2 aromatic heterocycles. The lowest BCUT2D eigenvalue weighted by Crippen LogP contribution is -2.28. The topological polar surface area (TPSA) is 59.3 Å². The van der Waals surface area contributed by atoms with Crippen molar-refractivity contribution in [3.63, 3.8) is 0 Å². The van der Waals surface area contributed by atoms with E-state index in [9.17, 15) is 8.42 Å². The molecule has 0 aliphatic carbocycles. The Morgan fingerprint density at radius 3 is 2.61 bits per heavy atom. The van der Waals surface area contributed by atoms with Crippen molar-refractivity contribution in [1.29, 1.82) is 0 Å². The Morgan fingerprint density at radius 1 is 1.13 bits per heavy atom. The SMILES string of the molecule is O=S(=O)(NCC(c1ccco1)c1cccs1)c1ccccc1Cl. The third-order valence-electron chi connectivity index (χ3n) is 3.38. The molecule has 4 nitrogen and oxygen atoms in total. The van der Waals surface area contributed by atoms with E-state index in [1.807, 2.05) is 23.6 Å². The van der Waals surface area contributed by atoms with Crippen LogP contribution in [0.4, 0.5) is 0 Å². The molecular formula is C16H14ClNO3S2. The summed E-state index contributed by atoms with van der Waals surface area (Å²) in [6.07, 6.45) is 1.58. The van der Waals surface area contributed by atoms with Gasteiger partial charge in [-0.3, -0.25) is 0 Å². The summed E-state index contributed by atoms with van der Waals surface area (Å²) in [5.74, 6) is 0.538. The van der Waals surface area contributed by atoms with Crippen molar-refractivity contribution in [3.8, 4) is 0 Å². The van der Waals surface area contributed by atoms with E-state index >= 15 is 0 Å². The van der Waals surface area contributed by atoms with E-state index in [-0.39, 0.29) is 22.4 Å². The maximum absolute atomic E-state index is 12.5. The molecule has 0 spiro atoms. The highest BCUT2D eigenvalue weighted by molar-refractivity contribution is 7.89. The fourth-order valence-electron chi connectivity index (χ4n) is 2.25. The Kier molecular flexibility index (Phi) is 4.87. The maximum atomic E-state index is 12.5. The number of rotatable bonds is 6. The summed E-state index contributed by atoms with van der Waals surface area (Å²) in [6, 6.07) is 13.9. The zero-order valence-corrected chi connectivity index (χ0v) is 14.4. The van der Waals surface area contributed by atoms with Gasteiger partial charge >= 0.3 is 0 Å². The van der Waals surface area contributed by atoms with Crippen molar-refractivity contribution in [3.05, 3.63) is 75.8 Å². The van der Waals surface area contributed by atoms with Crippen LogP contribution in [-0.2, 0) is 10.0 Å². The molecule has 3 aromatic rings. The monoisotopic (exact) mass is 367 g/mol. The van der Waals surface area contributed by atoms with Gasteiger partial charge in [0.2, 0.25) is 10.0 Å². The predicted molar refractivity (Wildman–Crippen MR) is 91.5 cm³/mol. The molecule has 0 amide bonds. The smallest absolute Gasteiger partial charge is 0.242 e. The second kappa shape index (κ2) is 6.88. The lowest BCUT2D eigenvalue weighted by Gasteiger charge is -2.15. The first-order valence-corrected chi connectivity index (χ1v) is 9.63. The van der Waals surface area contributed by atoms with Gasteiger partial charge in [0.1, 0.15) is 10.7 Å². The summed E-state index contributed by atoms with van der Waals surface area (Å²) in [5.41, 5.74) is 0. The molecule has 7 heteroatoms. The van der Waals surface area contributed by atoms with E-state index in [0.29, 0.717) is 5.76 Å². The lowest BCUT2D eigenvalue weighted by atomic mass is 10.1. The molecule has 0 saturated heterocycles. The summed E-state index contributed by atoms with van der Waals surface area (Å²) in [6.45, 7) is 0.196. The molecule has 0 aliphatic rings. The van der Waals surface area contributed by atoms with Crippen LogP contribution in [0.2, 0.25) is 5.02 Å². The number of hydrogen-bond donors (Lipinski definition) is 1. The van der Waals surface area contributed by atoms with Crippen LogP contribution in [0.1, 0.15) is 16.6 Å². The highest BCUT2D eigenvalue weighted by Crippen LogP contribution is 2.29. The molecule has 1 atom stereocenters. The van der Waals surface area contributed by atoms with Crippen LogP contribution in [0, 0.1) is 0 Å². The predicted octanol–water partition coefficient (Wildman–Crippen LogP) is 4.10. The Bertz CT molecular complexity index is 824. The zero-order chi connectivity index (χ0) is 16.3. The molecule has 0 fully saturated rings. The molecule has 0 radical (unpaired) electrons. The number of thiophene rings is 1. The number of benzene rings is 1. The minimum Gasteiger partial charge on any atom is -0.469 e. The lowest BCUT2D eigenvalue weighted by molar-refractivity contribution is 0.483. The first-order valence-electron chi connectivity index (χ1n) is 6.89. The van der Waals surface area contributed by atoms with E-state index in [1.165, 1.54) is 6.07 Å². The molecule has 2 heterocycles. The van der Waals surface area contributed by atoms with E-state index in [4.69, 9.17) is 16.0 Å². The van der Waals surface area contributed by atoms with Gasteiger partial charge in [-0.1, -0.05) is 29.8 Å². The molecular weight excluding hydrogens is 354 g/mol. The summed E-state index contributed by atoms with van der Waals surface area (Å²) < 4.78 is 33.0. The second-order valence-corrected chi connectivity index (χ2v) is 7.99. The van der Waals surface area contributed by atoms with E-state index in [2.05, 4.69) is 4.72 Å². The average Bonchev–Trinajstić information content (AvgIpc) is 3.21. The van der Waals surface area contributed by atoms with Crippen LogP contribution >= 0.6 is 22.9 Å². The number of nitrogens with one attached hydrogen (secondary N) is 1. The van der Waals surface area contributed by atoms with Crippen molar-refractivity contribution >= 4 is 33.0 Å². The molecule has 23 heavy (non-hydrogen) atoms. The quantitative estimate of drug-likeness (QED) is 0.713. The normalized spacial score (nSPS) is 13.1. The Balaban J connectivity index is 1.84. The maximum Gasteiger partial charge on any atom is 0.242 e. The fraction of sp³-hybridized carbons (Fsp3) is 0.125. The fourth-order valence-corrected chi connectivity index (χ4v) is 4.65. The molecule has 3 rings (SSSR count). The molecule has 0 saturated carbocycles. The molecule has 1 unspecified atom stereocenters. The summed E-state index contributed by atoms with van der Waals surface area (Å²) in [5, 5.41) is 2.15. The van der Waals surface area contributed by atoms with Gasteiger partial charge in [0.25, 0.3) is 0 Å². The van der Waals surface area contributed by atoms with Gasteiger partial charge in [0.05, 0.1) is 17.2 Å².